The molecule has 3 aliphatic rings. The second-order valence-corrected chi connectivity index (χ2v) is 9.11. The fourth-order valence-electron chi connectivity index (χ4n) is 5.59. The number of hydrogen-bond donors (Lipinski definition) is 1. The Morgan fingerprint density at radius 1 is 1.07 bits per heavy atom. The molecule has 152 valence electrons. The predicted octanol–water partition coefficient (Wildman–Crippen LogP) is 3.30. The summed E-state index contributed by atoms with van der Waals surface area (Å²) in [5.74, 6) is -0.115. The van der Waals surface area contributed by atoms with E-state index >= 15 is 0 Å². The zero-order valence-electron chi connectivity index (χ0n) is 17.3. The SMILES string of the molecule is CC(C)N(C(=O)CN1C(=O)NC2(C1=O)[C@@H](C)CCC[C@@H]2C)C1CCCCC1. The minimum atomic E-state index is -0.830. The summed E-state index contributed by atoms with van der Waals surface area (Å²) in [7, 11) is 0. The van der Waals surface area contributed by atoms with Gasteiger partial charge in [0, 0.05) is 12.1 Å². The van der Waals surface area contributed by atoms with E-state index in [4.69, 9.17) is 0 Å². The first-order valence-electron chi connectivity index (χ1n) is 10.7. The minimum absolute atomic E-state index is 0.0721. The van der Waals surface area contributed by atoms with Crippen LogP contribution in [0.15, 0.2) is 0 Å². The van der Waals surface area contributed by atoms with E-state index in [0.717, 1.165) is 44.9 Å². The molecular weight excluding hydrogens is 342 g/mol. The number of amides is 4. The summed E-state index contributed by atoms with van der Waals surface area (Å²) in [5.41, 5.74) is -0.830. The summed E-state index contributed by atoms with van der Waals surface area (Å²) in [4.78, 5) is 42.2. The van der Waals surface area contributed by atoms with Gasteiger partial charge in [-0.1, -0.05) is 39.5 Å². The number of nitrogens with zero attached hydrogens (tertiary/aromatic N) is 2. The molecule has 0 aromatic rings. The van der Waals surface area contributed by atoms with Crippen molar-refractivity contribution in [3.8, 4) is 0 Å². The lowest BCUT2D eigenvalue weighted by Gasteiger charge is -2.42. The second kappa shape index (κ2) is 7.80. The maximum absolute atomic E-state index is 13.3. The average Bonchev–Trinajstić information content (AvgIpc) is 2.86. The van der Waals surface area contributed by atoms with Crippen LogP contribution in [-0.2, 0) is 9.59 Å². The lowest BCUT2D eigenvalue weighted by Crippen LogP contribution is -2.59. The van der Waals surface area contributed by atoms with Gasteiger partial charge in [0.05, 0.1) is 0 Å². The van der Waals surface area contributed by atoms with Crippen LogP contribution in [0.2, 0.25) is 0 Å². The molecule has 2 saturated carbocycles. The highest BCUT2D eigenvalue weighted by Crippen LogP contribution is 2.42. The van der Waals surface area contributed by atoms with E-state index in [1.165, 1.54) is 11.3 Å². The Morgan fingerprint density at radius 2 is 1.67 bits per heavy atom. The van der Waals surface area contributed by atoms with Gasteiger partial charge < -0.3 is 10.2 Å². The monoisotopic (exact) mass is 377 g/mol. The molecule has 1 heterocycles. The lowest BCUT2D eigenvalue weighted by molar-refractivity contribution is -0.144. The van der Waals surface area contributed by atoms with Crippen LogP contribution in [0.25, 0.3) is 0 Å². The summed E-state index contributed by atoms with van der Waals surface area (Å²) in [6.45, 7) is 7.99. The highest BCUT2D eigenvalue weighted by molar-refractivity contribution is 6.09. The molecule has 2 aliphatic carbocycles. The number of carbonyl (C=O) groups excluding carboxylic acids is 3. The van der Waals surface area contributed by atoms with Crippen molar-refractivity contribution in [1.29, 1.82) is 0 Å². The Bertz CT molecular complexity index is 587. The highest BCUT2D eigenvalue weighted by atomic mass is 16.2. The van der Waals surface area contributed by atoms with Gasteiger partial charge in [0.2, 0.25) is 5.91 Å². The van der Waals surface area contributed by atoms with Crippen molar-refractivity contribution < 1.29 is 14.4 Å². The fourth-order valence-corrected chi connectivity index (χ4v) is 5.59. The van der Waals surface area contributed by atoms with Crippen molar-refractivity contribution in [2.75, 3.05) is 6.54 Å². The predicted molar refractivity (Wildman–Crippen MR) is 104 cm³/mol. The van der Waals surface area contributed by atoms with Crippen molar-refractivity contribution in [3.05, 3.63) is 0 Å². The maximum Gasteiger partial charge on any atom is 0.325 e. The number of rotatable bonds is 4. The molecule has 1 spiro atoms. The first-order valence-corrected chi connectivity index (χ1v) is 10.7. The normalized spacial score (nSPS) is 28.7. The van der Waals surface area contributed by atoms with Crippen LogP contribution in [0.4, 0.5) is 4.79 Å². The topological polar surface area (TPSA) is 69.7 Å². The number of hydrogen-bond acceptors (Lipinski definition) is 3. The second-order valence-electron chi connectivity index (χ2n) is 9.11. The van der Waals surface area contributed by atoms with Gasteiger partial charge in [-0.2, -0.15) is 0 Å². The summed E-state index contributed by atoms with van der Waals surface area (Å²) in [6, 6.07) is -0.0994. The number of carbonyl (C=O) groups is 3. The number of urea groups is 1. The average molecular weight is 378 g/mol. The van der Waals surface area contributed by atoms with E-state index in [0.29, 0.717) is 0 Å². The Balaban J connectivity index is 1.77. The van der Waals surface area contributed by atoms with Crippen molar-refractivity contribution in [3.63, 3.8) is 0 Å². The van der Waals surface area contributed by atoms with Crippen molar-refractivity contribution in [2.45, 2.75) is 96.7 Å². The molecule has 1 aliphatic heterocycles. The van der Waals surface area contributed by atoms with Gasteiger partial charge in [-0.3, -0.25) is 14.5 Å². The van der Waals surface area contributed by atoms with E-state index in [9.17, 15) is 14.4 Å². The highest BCUT2D eigenvalue weighted by Gasteiger charge is 2.58. The molecule has 0 aromatic heterocycles. The van der Waals surface area contributed by atoms with E-state index in [1.54, 1.807) is 0 Å². The van der Waals surface area contributed by atoms with Crippen LogP contribution in [0.5, 0.6) is 0 Å². The van der Waals surface area contributed by atoms with Crippen molar-refractivity contribution >= 4 is 17.8 Å². The molecule has 0 aromatic carbocycles. The quantitative estimate of drug-likeness (QED) is 0.764. The largest absolute Gasteiger partial charge is 0.336 e. The zero-order chi connectivity index (χ0) is 19.8. The van der Waals surface area contributed by atoms with Crippen molar-refractivity contribution in [1.82, 2.24) is 15.1 Å². The summed E-state index contributed by atoms with van der Waals surface area (Å²) < 4.78 is 0. The van der Waals surface area contributed by atoms with Gasteiger partial charge in [-0.05, 0) is 51.4 Å². The third kappa shape index (κ3) is 3.47. The molecule has 0 bridgehead atoms. The van der Waals surface area contributed by atoms with Crippen LogP contribution >= 0.6 is 0 Å². The van der Waals surface area contributed by atoms with Gasteiger partial charge in [0.15, 0.2) is 0 Å². The van der Waals surface area contributed by atoms with Crippen LogP contribution in [0, 0.1) is 11.8 Å². The molecule has 3 fully saturated rings. The molecule has 6 nitrogen and oxygen atoms in total. The van der Waals surface area contributed by atoms with E-state index in [2.05, 4.69) is 5.32 Å². The van der Waals surface area contributed by atoms with E-state index in [1.807, 2.05) is 32.6 Å². The van der Waals surface area contributed by atoms with Gasteiger partial charge in [0.1, 0.15) is 12.1 Å². The van der Waals surface area contributed by atoms with Gasteiger partial charge in [0.25, 0.3) is 5.91 Å². The molecule has 2 atom stereocenters. The maximum atomic E-state index is 13.3. The fraction of sp³-hybridized carbons (Fsp3) is 0.857. The molecular formula is C21H35N3O3. The zero-order valence-corrected chi connectivity index (χ0v) is 17.3. The smallest absolute Gasteiger partial charge is 0.325 e. The Labute approximate surface area is 163 Å². The third-order valence-electron chi connectivity index (χ3n) is 7.09. The van der Waals surface area contributed by atoms with Gasteiger partial charge in [-0.15, -0.1) is 0 Å². The molecule has 0 unspecified atom stereocenters. The molecule has 1 saturated heterocycles. The van der Waals surface area contributed by atoms with Crippen LogP contribution in [0.1, 0.15) is 79.1 Å². The Hall–Kier alpha value is -1.59. The van der Waals surface area contributed by atoms with Gasteiger partial charge in [-0.25, -0.2) is 4.79 Å². The number of nitrogens with one attached hydrogen (secondary N) is 1. The summed E-state index contributed by atoms with van der Waals surface area (Å²) >= 11 is 0. The molecule has 3 rings (SSSR count). The van der Waals surface area contributed by atoms with Crippen molar-refractivity contribution in [2.24, 2.45) is 11.8 Å². The first-order chi connectivity index (χ1) is 12.8. The standard InChI is InChI=1S/C21H35N3O3/c1-14(2)24(17-11-6-5-7-12-17)18(25)13-23-19(26)21(22-20(23)27)15(3)9-8-10-16(21)4/h14-17H,5-13H2,1-4H3,(H,22,27)/t15-,16-/m0/s1. The van der Waals surface area contributed by atoms with Gasteiger partial charge >= 0.3 is 6.03 Å². The number of imide groups is 1. The molecule has 6 heteroatoms. The summed E-state index contributed by atoms with van der Waals surface area (Å²) in [6.07, 6.45) is 8.47. The summed E-state index contributed by atoms with van der Waals surface area (Å²) in [5, 5.41) is 2.99. The van der Waals surface area contributed by atoms with E-state index in [-0.39, 0.29) is 42.3 Å². The molecule has 4 amide bonds. The van der Waals surface area contributed by atoms with E-state index < -0.39 is 11.6 Å². The van der Waals surface area contributed by atoms with Crippen LogP contribution < -0.4 is 5.32 Å². The third-order valence-corrected chi connectivity index (χ3v) is 7.09. The first kappa shape index (κ1) is 20.2. The Morgan fingerprint density at radius 3 is 2.22 bits per heavy atom. The molecule has 1 N–H and O–H groups in total. The molecule has 0 radical (unpaired) electrons. The van der Waals surface area contributed by atoms with Crippen LogP contribution in [-0.4, -0.2) is 51.8 Å². The molecule has 27 heavy (non-hydrogen) atoms. The minimum Gasteiger partial charge on any atom is -0.336 e. The Kier molecular flexibility index (Phi) is 5.82. The van der Waals surface area contributed by atoms with Crippen LogP contribution in [0.3, 0.4) is 0 Å². The lowest BCUT2D eigenvalue weighted by atomic mass is 9.67.